The van der Waals surface area contributed by atoms with Crippen LogP contribution in [0.1, 0.15) is 49.4 Å². The summed E-state index contributed by atoms with van der Waals surface area (Å²) < 4.78 is 25.9. The van der Waals surface area contributed by atoms with E-state index in [1.165, 1.54) is 4.31 Å². The van der Waals surface area contributed by atoms with Gasteiger partial charge >= 0.3 is 0 Å². The summed E-state index contributed by atoms with van der Waals surface area (Å²) in [6.07, 6.45) is 1.13. The molecule has 0 fully saturated rings. The lowest BCUT2D eigenvalue weighted by Crippen LogP contribution is -2.41. The monoisotopic (exact) mass is 388 g/mol. The van der Waals surface area contributed by atoms with Crippen molar-refractivity contribution in [3.8, 4) is 0 Å². The average molecular weight is 389 g/mol. The molecular weight excluding hydrogens is 360 g/mol. The normalized spacial score (nSPS) is 12.7. The zero-order valence-corrected chi connectivity index (χ0v) is 17.4. The third-order valence-electron chi connectivity index (χ3n) is 4.47. The standard InChI is InChI=1S/C21H28N2O3S/c1-15(2)19-8-6-7-9-20(19)23(27(5,25)26)14-21(24)22-17(4)18-12-10-16(3)11-13-18/h6-13,15,17H,14H2,1-5H3,(H,22,24)/t17-/m1/s1. The van der Waals surface area contributed by atoms with Crippen LogP contribution in [0, 0.1) is 6.92 Å². The fourth-order valence-electron chi connectivity index (χ4n) is 2.94. The van der Waals surface area contributed by atoms with Crippen molar-refractivity contribution >= 4 is 21.6 Å². The number of carbonyl (C=O) groups excluding carboxylic acids is 1. The quantitative estimate of drug-likeness (QED) is 0.785. The number of aryl methyl sites for hydroxylation is 1. The summed E-state index contributed by atoms with van der Waals surface area (Å²) in [7, 11) is -3.60. The molecule has 6 heteroatoms. The number of nitrogens with zero attached hydrogens (tertiary/aromatic N) is 1. The molecule has 0 aliphatic rings. The van der Waals surface area contributed by atoms with Crippen molar-refractivity contribution in [3.05, 3.63) is 65.2 Å². The summed E-state index contributed by atoms with van der Waals surface area (Å²) >= 11 is 0. The molecule has 0 bridgehead atoms. The second-order valence-corrected chi connectivity index (χ2v) is 9.09. The van der Waals surface area contributed by atoms with Crippen LogP contribution in [-0.2, 0) is 14.8 Å². The minimum Gasteiger partial charge on any atom is -0.348 e. The molecule has 0 aromatic heterocycles. The van der Waals surface area contributed by atoms with Crippen LogP contribution in [-0.4, -0.2) is 27.1 Å². The predicted octanol–water partition coefficient (Wildman–Crippen LogP) is 3.76. The van der Waals surface area contributed by atoms with Crippen molar-refractivity contribution in [1.82, 2.24) is 5.32 Å². The van der Waals surface area contributed by atoms with Crippen LogP contribution in [0.4, 0.5) is 5.69 Å². The Labute approximate surface area is 162 Å². The first-order valence-corrected chi connectivity index (χ1v) is 10.9. The lowest BCUT2D eigenvalue weighted by Gasteiger charge is -2.26. The van der Waals surface area contributed by atoms with Gasteiger partial charge in [0, 0.05) is 0 Å². The third-order valence-corrected chi connectivity index (χ3v) is 5.60. The number of amides is 1. The second kappa shape index (κ2) is 8.57. The maximum atomic E-state index is 12.6. The van der Waals surface area contributed by atoms with Gasteiger partial charge in [-0.15, -0.1) is 0 Å². The number of rotatable bonds is 7. The number of carbonyl (C=O) groups is 1. The van der Waals surface area contributed by atoms with E-state index in [-0.39, 0.29) is 24.4 Å². The van der Waals surface area contributed by atoms with Crippen molar-refractivity contribution < 1.29 is 13.2 Å². The number of hydrogen-bond acceptors (Lipinski definition) is 3. The lowest BCUT2D eigenvalue weighted by molar-refractivity contribution is -0.120. The lowest BCUT2D eigenvalue weighted by atomic mass is 10.0. The fourth-order valence-corrected chi connectivity index (χ4v) is 3.82. The van der Waals surface area contributed by atoms with Gasteiger partial charge in [0.2, 0.25) is 15.9 Å². The molecular formula is C21H28N2O3S. The van der Waals surface area contributed by atoms with E-state index in [1.54, 1.807) is 12.1 Å². The van der Waals surface area contributed by atoms with Gasteiger partial charge in [0.15, 0.2) is 0 Å². The second-order valence-electron chi connectivity index (χ2n) is 7.18. The van der Waals surface area contributed by atoms with E-state index in [4.69, 9.17) is 0 Å². The van der Waals surface area contributed by atoms with E-state index >= 15 is 0 Å². The van der Waals surface area contributed by atoms with Gasteiger partial charge < -0.3 is 5.32 Å². The van der Waals surface area contributed by atoms with Gasteiger partial charge in [-0.05, 0) is 37.0 Å². The molecule has 0 aliphatic carbocycles. The summed E-state index contributed by atoms with van der Waals surface area (Å²) in [5.41, 5.74) is 3.56. The summed E-state index contributed by atoms with van der Waals surface area (Å²) in [5, 5.41) is 2.89. The Morgan fingerprint density at radius 1 is 1.04 bits per heavy atom. The van der Waals surface area contributed by atoms with Crippen molar-refractivity contribution in [1.29, 1.82) is 0 Å². The van der Waals surface area contributed by atoms with Crippen LogP contribution in [0.5, 0.6) is 0 Å². The number of para-hydroxylation sites is 1. The third kappa shape index (κ3) is 5.57. The molecule has 2 aromatic rings. The van der Waals surface area contributed by atoms with Gasteiger partial charge in [0.25, 0.3) is 0 Å². The maximum Gasteiger partial charge on any atom is 0.241 e. The minimum atomic E-state index is -3.60. The van der Waals surface area contributed by atoms with Gasteiger partial charge in [0.05, 0.1) is 18.0 Å². The summed E-state index contributed by atoms with van der Waals surface area (Å²) in [6.45, 7) is 7.63. The zero-order valence-electron chi connectivity index (χ0n) is 16.6. The smallest absolute Gasteiger partial charge is 0.241 e. The Hall–Kier alpha value is -2.34. The number of sulfonamides is 1. The highest BCUT2D eigenvalue weighted by atomic mass is 32.2. The molecule has 2 rings (SSSR count). The van der Waals surface area contributed by atoms with Crippen molar-refractivity contribution in [2.75, 3.05) is 17.1 Å². The van der Waals surface area contributed by atoms with E-state index < -0.39 is 10.0 Å². The summed E-state index contributed by atoms with van der Waals surface area (Å²) in [6, 6.07) is 15.0. The van der Waals surface area contributed by atoms with Crippen LogP contribution in [0.25, 0.3) is 0 Å². The molecule has 1 N–H and O–H groups in total. The molecule has 1 atom stereocenters. The number of benzene rings is 2. The van der Waals surface area contributed by atoms with Crippen molar-refractivity contribution in [3.63, 3.8) is 0 Å². The minimum absolute atomic E-state index is 0.139. The molecule has 1 amide bonds. The van der Waals surface area contributed by atoms with Crippen LogP contribution in [0.2, 0.25) is 0 Å². The van der Waals surface area contributed by atoms with Crippen LogP contribution in [0.3, 0.4) is 0 Å². The Morgan fingerprint density at radius 2 is 1.63 bits per heavy atom. The maximum absolute atomic E-state index is 12.6. The van der Waals surface area contributed by atoms with Gasteiger partial charge in [-0.2, -0.15) is 0 Å². The molecule has 0 saturated carbocycles. The van der Waals surface area contributed by atoms with Gasteiger partial charge in [-0.3, -0.25) is 9.10 Å². The van der Waals surface area contributed by atoms with E-state index in [1.807, 2.05) is 64.1 Å². The first kappa shape index (κ1) is 21.0. The van der Waals surface area contributed by atoms with Crippen LogP contribution in [0.15, 0.2) is 48.5 Å². The molecule has 146 valence electrons. The fraction of sp³-hybridized carbons (Fsp3) is 0.381. The van der Waals surface area contributed by atoms with Gasteiger partial charge in [0.1, 0.15) is 6.54 Å². The van der Waals surface area contributed by atoms with Crippen LogP contribution >= 0.6 is 0 Å². The average Bonchev–Trinajstić information content (AvgIpc) is 2.59. The Bertz CT molecular complexity index is 890. The molecule has 0 radical (unpaired) electrons. The molecule has 0 aliphatic heterocycles. The molecule has 2 aromatic carbocycles. The molecule has 5 nitrogen and oxygen atoms in total. The molecule has 27 heavy (non-hydrogen) atoms. The number of hydrogen-bond donors (Lipinski definition) is 1. The van der Waals surface area contributed by atoms with E-state index in [0.29, 0.717) is 5.69 Å². The van der Waals surface area contributed by atoms with Crippen molar-refractivity contribution in [2.24, 2.45) is 0 Å². The Morgan fingerprint density at radius 3 is 2.19 bits per heavy atom. The highest BCUT2D eigenvalue weighted by molar-refractivity contribution is 7.92. The van der Waals surface area contributed by atoms with E-state index in [2.05, 4.69) is 5.32 Å². The Balaban J connectivity index is 2.22. The van der Waals surface area contributed by atoms with Gasteiger partial charge in [-0.25, -0.2) is 8.42 Å². The summed E-state index contributed by atoms with van der Waals surface area (Å²) in [4.78, 5) is 12.6. The summed E-state index contributed by atoms with van der Waals surface area (Å²) in [5.74, 6) is -0.202. The number of nitrogens with one attached hydrogen (secondary N) is 1. The van der Waals surface area contributed by atoms with E-state index in [9.17, 15) is 13.2 Å². The highest BCUT2D eigenvalue weighted by Gasteiger charge is 2.24. The first-order valence-electron chi connectivity index (χ1n) is 9.02. The Kier molecular flexibility index (Phi) is 6.65. The number of anilines is 1. The van der Waals surface area contributed by atoms with Gasteiger partial charge in [-0.1, -0.05) is 61.9 Å². The molecule has 0 saturated heterocycles. The van der Waals surface area contributed by atoms with Crippen molar-refractivity contribution in [2.45, 2.75) is 39.7 Å². The molecule has 0 heterocycles. The highest BCUT2D eigenvalue weighted by Crippen LogP contribution is 2.28. The largest absolute Gasteiger partial charge is 0.348 e. The van der Waals surface area contributed by atoms with Crippen LogP contribution < -0.4 is 9.62 Å². The topological polar surface area (TPSA) is 66.5 Å². The molecule has 0 spiro atoms. The molecule has 0 unspecified atom stereocenters. The zero-order chi connectivity index (χ0) is 20.2. The first-order chi connectivity index (χ1) is 12.6. The van der Waals surface area contributed by atoms with E-state index in [0.717, 1.165) is 22.9 Å². The predicted molar refractivity (Wildman–Crippen MR) is 110 cm³/mol. The SMILES string of the molecule is Cc1ccc([C@@H](C)NC(=O)CN(c2ccccc2C(C)C)S(C)(=O)=O)cc1.